The second-order valence-corrected chi connectivity index (χ2v) is 11.2. The number of hydrogen-bond donors (Lipinski definition) is 2. The zero-order chi connectivity index (χ0) is 25.9. The maximum atomic E-state index is 11.8. The van der Waals surface area contributed by atoms with Crippen molar-refractivity contribution < 1.29 is 19.4 Å². The maximum Gasteiger partial charge on any atom is 0.272 e. The number of hydrogen-bond acceptors (Lipinski definition) is 5. The Morgan fingerprint density at radius 1 is 1.03 bits per heavy atom. The van der Waals surface area contributed by atoms with Crippen LogP contribution in [0.1, 0.15) is 41.1 Å². The van der Waals surface area contributed by atoms with E-state index in [2.05, 4.69) is 10.3 Å². The lowest BCUT2D eigenvalue weighted by Crippen LogP contribution is -2.34. The molecule has 7 nitrogen and oxygen atoms in total. The maximum absolute atomic E-state index is 11.8. The van der Waals surface area contributed by atoms with Crippen LogP contribution in [0.3, 0.4) is 0 Å². The summed E-state index contributed by atoms with van der Waals surface area (Å²) in [5, 5.41) is 12.5. The van der Waals surface area contributed by atoms with E-state index in [-0.39, 0.29) is 30.5 Å². The lowest BCUT2D eigenvalue weighted by Gasteiger charge is -2.36. The largest absolute Gasteiger partial charge is 0.392 e. The van der Waals surface area contributed by atoms with Crippen LogP contribution in [0.25, 0.3) is 0 Å². The Balaban J connectivity index is 1.51. The number of aliphatic hydroxyl groups is 1. The van der Waals surface area contributed by atoms with E-state index < -0.39 is 16.0 Å². The molecule has 1 aliphatic rings. The highest BCUT2D eigenvalue weighted by molar-refractivity contribution is 6.76. The molecule has 3 aromatic rings. The average molecular weight is 594 g/mol. The molecule has 2 aromatic carbocycles. The first-order valence-electron chi connectivity index (χ1n) is 10.9. The van der Waals surface area contributed by atoms with Crippen LogP contribution in [-0.4, -0.2) is 30.5 Å². The lowest BCUT2D eigenvalue weighted by molar-refractivity contribution is -0.252. The Bertz CT molecular complexity index is 1180. The fraction of sp³-hybridized carbons (Fsp3) is 0.333. The van der Waals surface area contributed by atoms with Gasteiger partial charge in [-0.3, -0.25) is 4.79 Å². The zero-order valence-electron chi connectivity index (χ0n) is 18.7. The molecule has 4 rings (SSSR count). The van der Waals surface area contributed by atoms with E-state index in [0.29, 0.717) is 18.1 Å². The Morgan fingerprint density at radius 2 is 1.67 bits per heavy atom. The van der Waals surface area contributed by atoms with E-state index in [1.54, 1.807) is 10.9 Å². The molecule has 1 saturated heterocycles. The minimum Gasteiger partial charge on any atom is -0.392 e. The van der Waals surface area contributed by atoms with Crippen molar-refractivity contribution in [3.05, 3.63) is 87.4 Å². The number of carbonyl (C=O) groups is 1. The molecule has 12 heteroatoms. The van der Waals surface area contributed by atoms with Crippen LogP contribution in [0, 0.1) is 0 Å². The van der Waals surface area contributed by atoms with E-state index in [0.717, 1.165) is 22.3 Å². The molecule has 0 bridgehead atoms. The molecule has 0 saturated carbocycles. The van der Waals surface area contributed by atoms with Gasteiger partial charge in [-0.05, 0) is 16.7 Å². The van der Waals surface area contributed by atoms with Gasteiger partial charge in [-0.15, -0.1) is 0 Å². The Labute approximate surface area is 233 Å². The van der Waals surface area contributed by atoms with E-state index in [1.807, 2.05) is 48.5 Å². The second kappa shape index (κ2) is 11.9. The topological polar surface area (TPSA) is 85.6 Å². The summed E-state index contributed by atoms with van der Waals surface area (Å²) in [5.74, 6) is -0.702. The SMILES string of the molecule is O=C(NCc1ccc([C@H]2O[C@@H](Cn3cnc(Cl)c3Cl)C[C@@H](c3ccc(CO)cc3)O2)cc1)C(Cl)(Cl)Cl. The van der Waals surface area contributed by atoms with Gasteiger partial charge in [0.05, 0.1) is 31.7 Å². The van der Waals surface area contributed by atoms with Crippen LogP contribution < -0.4 is 5.32 Å². The van der Waals surface area contributed by atoms with Gasteiger partial charge in [-0.25, -0.2) is 4.98 Å². The monoisotopic (exact) mass is 591 g/mol. The third-order valence-electron chi connectivity index (χ3n) is 5.71. The number of aromatic nitrogens is 2. The van der Waals surface area contributed by atoms with Crippen LogP contribution in [-0.2, 0) is 34.0 Å². The van der Waals surface area contributed by atoms with Crippen molar-refractivity contribution in [2.24, 2.45) is 0 Å². The van der Waals surface area contributed by atoms with E-state index in [9.17, 15) is 9.90 Å². The first-order valence-corrected chi connectivity index (χ1v) is 12.8. The zero-order valence-corrected chi connectivity index (χ0v) is 22.5. The normalized spacial score (nSPS) is 20.3. The van der Waals surface area contributed by atoms with Crippen molar-refractivity contribution in [3.8, 4) is 0 Å². The van der Waals surface area contributed by atoms with Crippen LogP contribution in [0.5, 0.6) is 0 Å². The van der Waals surface area contributed by atoms with Crippen LogP contribution in [0.15, 0.2) is 54.9 Å². The standard InChI is InChI=1S/C24H22Cl5N3O4/c25-20-21(26)32(13-31-20)11-18-9-19(16-5-3-15(12-33)4-6-16)36-22(35-18)17-7-1-14(2-8-17)10-30-23(34)24(27,28)29/h1-8,13,18-19,22,33H,9-12H2,(H,30,34)/t18-,19+,22+/m1/s1. The first-order chi connectivity index (χ1) is 17.1. The predicted molar refractivity (Wildman–Crippen MR) is 139 cm³/mol. The molecule has 2 heterocycles. The number of rotatable bonds is 7. The van der Waals surface area contributed by atoms with Gasteiger partial charge in [-0.1, -0.05) is 107 Å². The van der Waals surface area contributed by atoms with Crippen LogP contribution in [0.2, 0.25) is 10.3 Å². The van der Waals surface area contributed by atoms with Crippen molar-refractivity contribution >= 4 is 63.9 Å². The molecule has 36 heavy (non-hydrogen) atoms. The molecule has 3 atom stereocenters. The fourth-order valence-electron chi connectivity index (χ4n) is 3.80. The summed E-state index contributed by atoms with van der Waals surface area (Å²) in [5.41, 5.74) is 3.38. The number of nitrogens with zero attached hydrogens (tertiary/aromatic N) is 2. The molecular formula is C24H22Cl5N3O4. The quantitative estimate of drug-likeness (QED) is 0.333. The summed E-state index contributed by atoms with van der Waals surface area (Å²) < 4.78 is 12.3. The molecule has 0 unspecified atom stereocenters. The van der Waals surface area contributed by atoms with Gasteiger partial charge < -0.3 is 24.5 Å². The molecular weight excluding hydrogens is 572 g/mol. The number of carbonyl (C=O) groups excluding carboxylic acids is 1. The van der Waals surface area contributed by atoms with E-state index >= 15 is 0 Å². The molecule has 0 aliphatic carbocycles. The van der Waals surface area contributed by atoms with Crippen LogP contribution in [0.4, 0.5) is 0 Å². The van der Waals surface area contributed by atoms with Gasteiger partial charge in [0.25, 0.3) is 9.70 Å². The minimum absolute atomic E-state index is 0.0332. The van der Waals surface area contributed by atoms with Gasteiger partial charge in [-0.2, -0.15) is 0 Å². The summed E-state index contributed by atoms with van der Waals surface area (Å²) in [6, 6.07) is 15.0. The summed E-state index contributed by atoms with van der Waals surface area (Å²) in [6.07, 6.45) is 0.972. The van der Waals surface area contributed by atoms with Gasteiger partial charge >= 0.3 is 0 Å². The number of aliphatic hydroxyl groups excluding tert-OH is 1. The molecule has 1 amide bonds. The van der Waals surface area contributed by atoms with Crippen LogP contribution >= 0.6 is 58.0 Å². The van der Waals surface area contributed by atoms with Crippen molar-refractivity contribution in [2.75, 3.05) is 0 Å². The average Bonchev–Trinajstić information content (AvgIpc) is 3.19. The molecule has 0 radical (unpaired) electrons. The first kappa shape index (κ1) is 27.5. The lowest BCUT2D eigenvalue weighted by atomic mass is 10.00. The summed E-state index contributed by atoms with van der Waals surface area (Å²) in [6.45, 7) is 0.598. The van der Waals surface area contributed by atoms with E-state index in [1.165, 1.54) is 0 Å². The smallest absolute Gasteiger partial charge is 0.272 e. The molecule has 1 aliphatic heterocycles. The van der Waals surface area contributed by atoms with Gasteiger partial charge in [0.15, 0.2) is 11.4 Å². The third kappa shape index (κ3) is 6.85. The molecule has 2 N–H and O–H groups in total. The highest BCUT2D eigenvalue weighted by atomic mass is 35.6. The van der Waals surface area contributed by atoms with E-state index in [4.69, 9.17) is 67.5 Å². The Kier molecular flexibility index (Phi) is 9.07. The highest BCUT2D eigenvalue weighted by Gasteiger charge is 2.33. The van der Waals surface area contributed by atoms with Crippen molar-refractivity contribution in [2.45, 2.75) is 48.4 Å². The highest BCUT2D eigenvalue weighted by Crippen LogP contribution is 2.39. The van der Waals surface area contributed by atoms with Crippen molar-refractivity contribution in [1.29, 1.82) is 0 Å². The van der Waals surface area contributed by atoms with Crippen molar-refractivity contribution in [1.82, 2.24) is 14.9 Å². The summed E-state index contributed by atoms with van der Waals surface area (Å²) in [4.78, 5) is 15.8. The van der Waals surface area contributed by atoms with Gasteiger partial charge in [0, 0.05) is 18.5 Å². The number of ether oxygens (including phenoxy) is 2. The minimum atomic E-state index is -2.02. The fourth-order valence-corrected chi connectivity index (χ4v) is 4.31. The third-order valence-corrected chi connectivity index (χ3v) is 6.99. The second-order valence-electron chi connectivity index (χ2n) is 8.25. The van der Waals surface area contributed by atoms with Crippen molar-refractivity contribution in [3.63, 3.8) is 0 Å². The molecule has 0 spiro atoms. The number of amides is 1. The number of alkyl halides is 3. The number of nitrogens with one attached hydrogen (secondary N) is 1. The number of halogens is 5. The van der Waals surface area contributed by atoms with Gasteiger partial charge in [0.2, 0.25) is 0 Å². The molecule has 1 fully saturated rings. The number of imidazole rings is 1. The summed E-state index contributed by atoms with van der Waals surface area (Å²) >= 11 is 29.1. The predicted octanol–water partition coefficient (Wildman–Crippen LogP) is 5.91. The molecule has 192 valence electrons. The molecule has 1 aromatic heterocycles. The van der Waals surface area contributed by atoms with Gasteiger partial charge in [0.1, 0.15) is 5.15 Å². The number of benzene rings is 2. The summed E-state index contributed by atoms with van der Waals surface area (Å²) in [7, 11) is 0. The Hall–Kier alpha value is -1.55. The Morgan fingerprint density at radius 3 is 2.25 bits per heavy atom.